The van der Waals surface area contributed by atoms with Crippen LogP contribution in [-0.2, 0) is 9.53 Å². The van der Waals surface area contributed by atoms with Gasteiger partial charge >= 0.3 is 5.97 Å². The SMILES string of the molecule is CCOC(=O)c1ccn(-c2ccc(NC(=O)COc3ccccc3OC)cc2)n1. The van der Waals surface area contributed by atoms with Crippen LogP contribution in [0.5, 0.6) is 11.5 Å². The van der Waals surface area contributed by atoms with Crippen molar-refractivity contribution in [3.05, 3.63) is 66.5 Å². The highest BCUT2D eigenvalue weighted by Gasteiger charge is 2.11. The van der Waals surface area contributed by atoms with Crippen molar-refractivity contribution in [2.45, 2.75) is 6.92 Å². The van der Waals surface area contributed by atoms with Gasteiger partial charge in [-0.1, -0.05) is 12.1 Å². The average molecular weight is 395 g/mol. The zero-order valence-electron chi connectivity index (χ0n) is 16.1. The highest BCUT2D eigenvalue weighted by molar-refractivity contribution is 5.92. The van der Waals surface area contributed by atoms with Crippen molar-refractivity contribution in [2.24, 2.45) is 0 Å². The molecule has 0 saturated heterocycles. The van der Waals surface area contributed by atoms with Crippen molar-refractivity contribution in [3.63, 3.8) is 0 Å². The summed E-state index contributed by atoms with van der Waals surface area (Å²) in [4.78, 5) is 23.8. The molecule has 0 spiro atoms. The molecule has 3 aromatic rings. The third kappa shape index (κ3) is 5.13. The number of hydrogen-bond donors (Lipinski definition) is 1. The van der Waals surface area contributed by atoms with E-state index in [2.05, 4.69) is 10.4 Å². The fourth-order valence-electron chi connectivity index (χ4n) is 2.56. The van der Waals surface area contributed by atoms with Gasteiger partial charge in [-0.2, -0.15) is 5.10 Å². The van der Waals surface area contributed by atoms with E-state index in [4.69, 9.17) is 14.2 Å². The van der Waals surface area contributed by atoms with Gasteiger partial charge in [-0.15, -0.1) is 0 Å². The number of amides is 1. The molecule has 1 aromatic heterocycles. The molecular formula is C21H21N3O5. The number of esters is 1. The fourth-order valence-corrected chi connectivity index (χ4v) is 2.56. The summed E-state index contributed by atoms with van der Waals surface area (Å²) in [5.41, 5.74) is 1.58. The number of methoxy groups -OCH3 is 1. The average Bonchev–Trinajstić information content (AvgIpc) is 3.23. The summed E-state index contributed by atoms with van der Waals surface area (Å²) >= 11 is 0. The Balaban J connectivity index is 1.57. The van der Waals surface area contributed by atoms with Crippen LogP contribution < -0.4 is 14.8 Å². The van der Waals surface area contributed by atoms with Gasteiger partial charge in [0.25, 0.3) is 5.91 Å². The molecule has 0 radical (unpaired) electrons. The van der Waals surface area contributed by atoms with Crippen LogP contribution in [0, 0.1) is 0 Å². The van der Waals surface area contributed by atoms with Gasteiger partial charge in [0, 0.05) is 11.9 Å². The molecule has 0 aliphatic rings. The highest BCUT2D eigenvalue weighted by Crippen LogP contribution is 2.25. The number of carbonyl (C=O) groups excluding carboxylic acids is 2. The van der Waals surface area contributed by atoms with Gasteiger partial charge < -0.3 is 19.5 Å². The third-order valence-electron chi connectivity index (χ3n) is 3.92. The van der Waals surface area contributed by atoms with E-state index in [1.807, 2.05) is 6.07 Å². The maximum absolute atomic E-state index is 12.1. The van der Waals surface area contributed by atoms with Crippen LogP contribution in [0.1, 0.15) is 17.4 Å². The molecule has 1 N–H and O–H groups in total. The van der Waals surface area contributed by atoms with Crippen molar-refractivity contribution in [3.8, 4) is 17.2 Å². The van der Waals surface area contributed by atoms with Gasteiger partial charge in [0.2, 0.25) is 0 Å². The Labute approximate surface area is 168 Å². The molecule has 1 amide bonds. The van der Waals surface area contributed by atoms with E-state index in [9.17, 15) is 9.59 Å². The van der Waals surface area contributed by atoms with Crippen molar-refractivity contribution < 1.29 is 23.8 Å². The monoisotopic (exact) mass is 395 g/mol. The van der Waals surface area contributed by atoms with E-state index in [0.29, 0.717) is 23.8 Å². The smallest absolute Gasteiger partial charge is 0.358 e. The number of rotatable bonds is 8. The minimum atomic E-state index is -0.467. The zero-order chi connectivity index (χ0) is 20.6. The molecule has 1 heterocycles. The lowest BCUT2D eigenvalue weighted by molar-refractivity contribution is -0.118. The quantitative estimate of drug-likeness (QED) is 0.590. The van der Waals surface area contributed by atoms with Crippen LogP contribution in [0.25, 0.3) is 5.69 Å². The summed E-state index contributed by atoms with van der Waals surface area (Å²) in [7, 11) is 1.54. The Kier molecular flexibility index (Phi) is 6.47. The standard InChI is InChI=1S/C21H21N3O5/c1-3-28-21(26)17-12-13-24(23-17)16-10-8-15(9-11-16)22-20(25)14-29-19-7-5-4-6-18(19)27-2/h4-13H,3,14H2,1-2H3,(H,22,25). The van der Waals surface area contributed by atoms with Crippen LogP contribution in [-0.4, -0.2) is 42.0 Å². The predicted molar refractivity (Wildman–Crippen MR) is 107 cm³/mol. The van der Waals surface area contributed by atoms with Gasteiger partial charge in [-0.3, -0.25) is 4.79 Å². The lowest BCUT2D eigenvalue weighted by Gasteiger charge is -2.11. The molecule has 0 aliphatic heterocycles. The van der Waals surface area contributed by atoms with Crippen molar-refractivity contribution >= 4 is 17.6 Å². The number of anilines is 1. The molecule has 29 heavy (non-hydrogen) atoms. The summed E-state index contributed by atoms with van der Waals surface area (Å²) in [6, 6.07) is 15.7. The molecule has 0 atom stereocenters. The first-order chi connectivity index (χ1) is 14.1. The maximum Gasteiger partial charge on any atom is 0.358 e. The Morgan fingerprint density at radius 2 is 1.76 bits per heavy atom. The second-order valence-corrected chi connectivity index (χ2v) is 5.90. The molecule has 0 aliphatic carbocycles. The summed E-state index contributed by atoms with van der Waals surface area (Å²) in [6.45, 7) is 1.88. The van der Waals surface area contributed by atoms with Crippen LogP contribution in [0.2, 0.25) is 0 Å². The summed E-state index contributed by atoms with van der Waals surface area (Å²) in [5, 5.41) is 6.95. The van der Waals surface area contributed by atoms with Crippen LogP contribution in [0.4, 0.5) is 5.69 Å². The molecule has 150 valence electrons. The van der Waals surface area contributed by atoms with E-state index in [1.165, 1.54) is 0 Å². The lowest BCUT2D eigenvalue weighted by atomic mass is 10.3. The minimum absolute atomic E-state index is 0.149. The number of aromatic nitrogens is 2. The maximum atomic E-state index is 12.1. The van der Waals surface area contributed by atoms with Crippen LogP contribution in [0.3, 0.4) is 0 Å². The molecule has 2 aromatic carbocycles. The highest BCUT2D eigenvalue weighted by atomic mass is 16.5. The first-order valence-electron chi connectivity index (χ1n) is 8.99. The largest absolute Gasteiger partial charge is 0.493 e. The number of para-hydroxylation sites is 2. The normalized spacial score (nSPS) is 10.3. The summed E-state index contributed by atoms with van der Waals surface area (Å²) in [5.74, 6) is 0.292. The molecule has 0 bridgehead atoms. The van der Waals surface area contributed by atoms with Gasteiger partial charge in [-0.25, -0.2) is 9.48 Å². The topological polar surface area (TPSA) is 91.7 Å². The van der Waals surface area contributed by atoms with E-state index >= 15 is 0 Å². The molecule has 3 rings (SSSR count). The predicted octanol–water partition coefficient (Wildman–Crippen LogP) is 3.08. The Hall–Kier alpha value is -3.81. The number of carbonyl (C=O) groups is 2. The molecule has 0 saturated carbocycles. The molecular weight excluding hydrogens is 374 g/mol. The minimum Gasteiger partial charge on any atom is -0.493 e. The van der Waals surface area contributed by atoms with Crippen molar-refractivity contribution in [1.29, 1.82) is 0 Å². The number of nitrogens with one attached hydrogen (secondary N) is 1. The molecule has 8 heteroatoms. The summed E-state index contributed by atoms with van der Waals surface area (Å²) < 4.78 is 17.2. The Morgan fingerprint density at radius 1 is 1.03 bits per heavy atom. The number of ether oxygens (including phenoxy) is 3. The van der Waals surface area contributed by atoms with Gasteiger partial charge in [0.05, 0.1) is 19.4 Å². The lowest BCUT2D eigenvalue weighted by Crippen LogP contribution is -2.20. The molecule has 0 fully saturated rings. The molecule has 0 unspecified atom stereocenters. The van der Waals surface area contributed by atoms with E-state index in [-0.39, 0.29) is 18.2 Å². The zero-order valence-corrected chi connectivity index (χ0v) is 16.1. The van der Waals surface area contributed by atoms with Crippen LogP contribution >= 0.6 is 0 Å². The van der Waals surface area contributed by atoms with E-state index in [1.54, 1.807) is 73.4 Å². The number of nitrogens with zero attached hydrogens (tertiary/aromatic N) is 2. The Bertz CT molecular complexity index is 982. The number of hydrogen-bond acceptors (Lipinski definition) is 6. The van der Waals surface area contributed by atoms with Gasteiger partial charge in [-0.05, 0) is 49.4 Å². The van der Waals surface area contributed by atoms with Gasteiger partial charge in [0.1, 0.15) is 0 Å². The van der Waals surface area contributed by atoms with Crippen molar-refractivity contribution in [1.82, 2.24) is 9.78 Å². The van der Waals surface area contributed by atoms with E-state index < -0.39 is 5.97 Å². The Morgan fingerprint density at radius 3 is 2.45 bits per heavy atom. The first-order valence-corrected chi connectivity index (χ1v) is 8.99. The van der Waals surface area contributed by atoms with Gasteiger partial charge in [0.15, 0.2) is 23.8 Å². The third-order valence-corrected chi connectivity index (χ3v) is 3.92. The van der Waals surface area contributed by atoms with Crippen molar-refractivity contribution in [2.75, 3.05) is 25.6 Å². The molecule has 8 nitrogen and oxygen atoms in total. The first kappa shape index (κ1) is 19.9. The second kappa shape index (κ2) is 9.41. The second-order valence-electron chi connectivity index (χ2n) is 5.90. The van der Waals surface area contributed by atoms with E-state index in [0.717, 1.165) is 5.69 Å². The fraction of sp³-hybridized carbons (Fsp3) is 0.190. The summed E-state index contributed by atoms with van der Waals surface area (Å²) in [6.07, 6.45) is 1.67. The van der Waals surface area contributed by atoms with Crippen LogP contribution in [0.15, 0.2) is 60.8 Å². The number of benzene rings is 2.